The third kappa shape index (κ3) is 1.67. The molecular formula is C7H7F6NO5. The average molecular weight is 299 g/mol. The number of aliphatic hydroxyl groups is 2. The fraction of sp³-hybridized carbons (Fsp3) is 0.571. The topological polar surface area (TPSA) is 126 Å². The van der Waals surface area contributed by atoms with Crippen molar-refractivity contribution in [3.63, 3.8) is 0 Å². The Morgan fingerprint density at radius 3 is 2.00 bits per heavy atom. The second-order valence-electron chi connectivity index (χ2n) is 3.40. The number of aliphatic carboxylic acids is 1. The second kappa shape index (κ2) is 4.25. The summed E-state index contributed by atoms with van der Waals surface area (Å²) in [6, 6.07) is 0. The molecule has 1 aliphatic carbocycles. The summed E-state index contributed by atoms with van der Waals surface area (Å²) in [4.78, 5) is 12.0. The van der Waals surface area contributed by atoms with Gasteiger partial charge >= 0.3 is 17.6 Å². The minimum Gasteiger partial charge on any atom is -0.546 e. The van der Waals surface area contributed by atoms with Gasteiger partial charge in [0.05, 0.1) is 5.97 Å². The summed E-state index contributed by atoms with van der Waals surface area (Å²) in [6.45, 7) is 0. The Kier molecular flexibility index (Phi) is 3.90. The first kappa shape index (κ1) is 17.5. The lowest BCUT2D eigenvalue weighted by Crippen LogP contribution is -2.74. The van der Waals surface area contributed by atoms with Gasteiger partial charge < -0.3 is 26.3 Å². The van der Waals surface area contributed by atoms with Crippen LogP contribution in [-0.4, -0.2) is 39.5 Å². The molecule has 6 N–H and O–H groups in total. The number of carboxylic acids is 1. The zero-order valence-electron chi connectivity index (χ0n) is 8.96. The zero-order valence-corrected chi connectivity index (χ0v) is 8.96. The lowest BCUT2D eigenvalue weighted by atomic mass is 9.80. The Morgan fingerprint density at radius 2 is 1.68 bits per heavy atom. The van der Waals surface area contributed by atoms with Crippen molar-refractivity contribution in [2.24, 2.45) is 0 Å². The molecule has 0 aromatic carbocycles. The molecule has 0 bridgehead atoms. The molecule has 19 heavy (non-hydrogen) atoms. The number of rotatable bonds is 2. The van der Waals surface area contributed by atoms with Crippen molar-refractivity contribution >= 4 is 5.97 Å². The molecule has 1 rings (SSSR count). The molecule has 3 atom stereocenters. The summed E-state index contributed by atoms with van der Waals surface area (Å²) in [5.41, 5.74) is -5.14. The predicted molar refractivity (Wildman–Crippen MR) is 42.6 cm³/mol. The van der Waals surface area contributed by atoms with Crippen LogP contribution in [-0.2, 0) is 9.74 Å². The fourth-order valence-corrected chi connectivity index (χ4v) is 1.27. The molecular weight excluding hydrogens is 292 g/mol. The van der Waals surface area contributed by atoms with Gasteiger partial charge in [0.1, 0.15) is 0 Å². The van der Waals surface area contributed by atoms with E-state index < -0.39 is 41.1 Å². The summed E-state index contributed by atoms with van der Waals surface area (Å²) >= 11 is 0. The molecule has 0 saturated carbocycles. The molecule has 0 amide bonds. The summed E-state index contributed by atoms with van der Waals surface area (Å²) in [5, 5.41) is 27.3. The number of halogens is 6. The Morgan fingerprint density at radius 1 is 1.26 bits per heavy atom. The van der Waals surface area contributed by atoms with Crippen LogP contribution in [0.5, 0.6) is 0 Å². The first-order valence-corrected chi connectivity index (χ1v) is 3.99. The monoisotopic (exact) mass is 299 g/mol. The highest BCUT2D eigenvalue weighted by Crippen LogP contribution is 2.56. The van der Waals surface area contributed by atoms with E-state index in [9.17, 15) is 36.4 Å². The maximum Gasteiger partial charge on any atom is 0.377 e. The number of quaternary nitrogens is 1. The molecule has 0 spiro atoms. The Bertz CT molecular complexity index is 428. The number of alkyl halides is 5. The Labute approximate surface area is 99.9 Å². The van der Waals surface area contributed by atoms with E-state index in [0.29, 0.717) is 0 Å². The van der Waals surface area contributed by atoms with Gasteiger partial charge in [0.2, 0.25) is 5.67 Å². The maximum absolute atomic E-state index is 13.3. The van der Waals surface area contributed by atoms with Crippen molar-refractivity contribution in [1.29, 1.82) is 0 Å². The van der Waals surface area contributed by atoms with Gasteiger partial charge in [0.15, 0.2) is 5.76 Å². The standard InChI is InChI=1S/C7H4F6O5.H3N/c8-4(3(15)16)1-2(14)5(9,17)7(12,18-13)6(4,10)11;/h1,14,17H,(H,15,16);1H3. The lowest BCUT2D eigenvalue weighted by Gasteiger charge is -2.45. The molecule has 0 heterocycles. The zero-order chi connectivity index (χ0) is 14.6. The van der Waals surface area contributed by atoms with Crippen molar-refractivity contribution in [2.75, 3.05) is 0 Å². The number of carbonyl (C=O) groups is 1. The number of aliphatic hydroxyl groups excluding tert-OH is 1. The van der Waals surface area contributed by atoms with Gasteiger partial charge in [0.25, 0.3) is 0 Å². The van der Waals surface area contributed by atoms with E-state index in [4.69, 9.17) is 10.2 Å². The Hall–Kier alpha value is -1.53. The van der Waals surface area contributed by atoms with Gasteiger partial charge in [-0.1, -0.05) is 0 Å². The minimum absolute atomic E-state index is 0. The third-order valence-corrected chi connectivity index (χ3v) is 2.37. The molecule has 6 nitrogen and oxygen atoms in total. The van der Waals surface area contributed by atoms with Gasteiger partial charge in [-0.25, -0.2) is 4.39 Å². The molecule has 0 aliphatic heterocycles. The summed E-state index contributed by atoms with van der Waals surface area (Å²) in [6.07, 6.45) is -1.06. The Balaban J connectivity index is 0.00000324. The first-order chi connectivity index (χ1) is 7.88. The molecule has 12 heteroatoms. The van der Waals surface area contributed by atoms with E-state index in [2.05, 4.69) is 0 Å². The highest BCUT2D eigenvalue weighted by Gasteiger charge is 2.83. The van der Waals surface area contributed by atoms with E-state index in [1.807, 2.05) is 4.94 Å². The van der Waals surface area contributed by atoms with Crippen LogP contribution in [0.25, 0.3) is 0 Å². The van der Waals surface area contributed by atoms with E-state index in [1.54, 1.807) is 0 Å². The summed E-state index contributed by atoms with van der Waals surface area (Å²) < 4.78 is 77.7. The summed E-state index contributed by atoms with van der Waals surface area (Å²) in [7, 11) is 0. The largest absolute Gasteiger partial charge is 0.546 e. The van der Waals surface area contributed by atoms with E-state index in [0.717, 1.165) is 0 Å². The van der Waals surface area contributed by atoms with Crippen LogP contribution in [0.3, 0.4) is 0 Å². The van der Waals surface area contributed by atoms with Crippen molar-refractivity contribution in [1.82, 2.24) is 6.15 Å². The molecule has 112 valence electrons. The molecule has 0 fully saturated rings. The molecule has 3 unspecified atom stereocenters. The predicted octanol–water partition coefficient (Wildman–Crippen LogP) is 0.137. The molecule has 0 radical (unpaired) electrons. The SMILES string of the molecule is O=C([O-])C1(F)C=C(O)C(O)(F)C(F)(OF)C1(F)F.[NH4+]. The van der Waals surface area contributed by atoms with Crippen LogP contribution in [0.4, 0.5) is 26.5 Å². The van der Waals surface area contributed by atoms with Crippen molar-refractivity contribution < 1.29 is 51.5 Å². The van der Waals surface area contributed by atoms with Gasteiger partial charge in [-0.15, -0.1) is 4.94 Å². The maximum atomic E-state index is 13.3. The quantitative estimate of drug-likeness (QED) is 0.625. The number of carbonyl (C=O) groups excluding carboxylic acids is 1. The molecule has 1 aliphatic rings. The van der Waals surface area contributed by atoms with Crippen LogP contribution >= 0.6 is 0 Å². The smallest absolute Gasteiger partial charge is 0.377 e. The summed E-state index contributed by atoms with van der Waals surface area (Å²) in [5.74, 6) is -23.0. The van der Waals surface area contributed by atoms with Crippen LogP contribution in [0, 0.1) is 0 Å². The van der Waals surface area contributed by atoms with Crippen molar-refractivity contribution in [3.8, 4) is 0 Å². The number of hydrogen-bond donors (Lipinski definition) is 3. The van der Waals surface area contributed by atoms with E-state index in [1.165, 1.54) is 0 Å². The first-order valence-electron chi connectivity index (χ1n) is 3.99. The third-order valence-electron chi connectivity index (χ3n) is 2.37. The van der Waals surface area contributed by atoms with E-state index >= 15 is 0 Å². The van der Waals surface area contributed by atoms with Crippen molar-refractivity contribution in [3.05, 3.63) is 11.8 Å². The minimum atomic E-state index is -6.08. The fourth-order valence-electron chi connectivity index (χ4n) is 1.27. The van der Waals surface area contributed by atoms with Gasteiger partial charge in [0, 0.05) is 6.08 Å². The van der Waals surface area contributed by atoms with Crippen LogP contribution in [0.1, 0.15) is 0 Å². The highest BCUT2D eigenvalue weighted by atomic mass is 19.3. The van der Waals surface area contributed by atoms with Crippen LogP contribution < -0.4 is 11.3 Å². The second-order valence-corrected chi connectivity index (χ2v) is 3.40. The van der Waals surface area contributed by atoms with Gasteiger partial charge in [-0.3, -0.25) is 0 Å². The number of carboxylic acid groups (broad SMARTS) is 1. The molecule has 0 saturated heterocycles. The molecule has 0 aromatic heterocycles. The normalized spacial score (nSPS) is 41.1. The number of hydrogen-bond acceptors (Lipinski definition) is 5. The highest BCUT2D eigenvalue weighted by molar-refractivity contribution is 5.81. The van der Waals surface area contributed by atoms with Gasteiger partial charge in [-0.2, -0.15) is 17.6 Å². The molecule has 0 aromatic rings. The average Bonchev–Trinajstić information content (AvgIpc) is 2.24. The van der Waals surface area contributed by atoms with Crippen molar-refractivity contribution in [2.45, 2.75) is 23.3 Å². The van der Waals surface area contributed by atoms with E-state index in [-0.39, 0.29) is 6.15 Å². The lowest BCUT2D eigenvalue weighted by molar-refractivity contribution is -0.459. The van der Waals surface area contributed by atoms with Gasteiger partial charge in [-0.05, 0) is 4.53 Å². The van der Waals surface area contributed by atoms with Crippen LogP contribution in [0.15, 0.2) is 11.8 Å². The van der Waals surface area contributed by atoms with Crippen LogP contribution in [0.2, 0.25) is 0 Å².